The van der Waals surface area contributed by atoms with E-state index in [1.54, 1.807) is 6.07 Å². The van der Waals surface area contributed by atoms with Gasteiger partial charge in [-0.05, 0) is 37.9 Å². The lowest BCUT2D eigenvalue weighted by atomic mass is 9.95. The van der Waals surface area contributed by atoms with Crippen molar-refractivity contribution >= 4 is 29.2 Å². The van der Waals surface area contributed by atoms with E-state index in [1.165, 1.54) is 0 Å². The molecule has 3 nitrogen and oxygen atoms in total. The molecule has 1 aromatic carbocycles. The van der Waals surface area contributed by atoms with Crippen LogP contribution in [0, 0.1) is 0 Å². The number of rotatable bonds is 4. The van der Waals surface area contributed by atoms with Gasteiger partial charge in [-0.1, -0.05) is 41.8 Å². The number of carbonyl (C=O) groups is 1. The number of halogens is 2. The molecular formula is C15H19Cl2NO2. The van der Waals surface area contributed by atoms with E-state index in [0.29, 0.717) is 10.0 Å². The van der Waals surface area contributed by atoms with Gasteiger partial charge in [0.15, 0.2) is 0 Å². The van der Waals surface area contributed by atoms with Gasteiger partial charge >= 0.3 is 5.97 Å². The first kappa shape index (κ1) is 15.6. The van der Waals surface area contributed by atoms with Gasteiger partial charge in [-0.25, -0.2) is 0 Å². The van der Waals surface area contributed by atoms with Gasteiger partial charge in [0.25, 0.3) is 0 Å². The Labute approximate surface area is 129 Å². The second-order valence-electron chi connectivity index (χ2n) is 5.30. The molecule has 1 aromatic rings. The molecule has 2 unspecified atom stereocenters. The fraction of sp³-hybridized carbons (Fsp3) is 0.533. The third-order valence-corrected chi connectivity index (χ3v) is 4.85. The number of carboxylic acid groups (broad SMARTS) is 1. The zero-order valence-corrected chi connectivity index (χ0v) is 13.0. The van der Waals surface area contributed by atoms with Crippen molar-refractivity contribution in [2.24, 2.45) is 0 Å². The van der Waals surface area contributed by atoms with E-state index in [2.05, 4.69) is 11.8 Å². The highest BCUT2D eigenvalue weighted by Crippen LogP contribution is 2.36. The number of likely N-dealkylation sites (tertiary alicyclic amines) is 1. The molecule has 110 valence electrons. The summed E-state index contributed by atoms with van der Waals surface area (Å²) in [5, 5.41) is 10.2. The minimum absolute atomic E-state index is 0.0749. The lowest BCUT2D eigenvalue weighted by molar-refractivity contribution is -0.139. The minimum atomic E-state index is -0.744. The number of hydrogen-bond acceptors (Lipinski definition) is 2. The largest absolute Gasteiger partial charge is 0.481 e. The normalized spacial score (nSPS) is 21.6. The first-order valence-electron chi connectivity index (χ1n) is 6.92. The van der Waals surface area contributed by atoms with E-state index in [4.69, 9.17) is 28.3 Å². The predicted molar refractivity (Wildman–Crippen MR) is 81.5 cm³/mol. The molecule has 0 spiro atoms. The summed E-state index contributed by atoms with van der Waals surface area (Å²) >= 11 is 12.4. The Morgan fingerprint density at radius 1 is 1.45 bits per heavy atom. The molecule has 1 aliphatic rings. The molecule has 1 aliphatic heterocycles. The number of hydrogen-bond donors (Lipinski definition) is 1. The SMILES string of the molecule is CC(c1cccc(Cl)c1Cl)N1CCCCC1CC(=O)O. The summed E-state index contributed by atoms with van der Waals surface area (Å²) in [4.78, 5) is 13.3. The summed E-state index contributed by atoms with van der Waals surface area (Å²) in [7, 11) is 0. The van der Waals surface area contributed by atoms with Crippen LogP contribution in [0.5, 0.6) is 0 Å². The van der Waals surface area contributed by atoms with E-state index in [-0.39, 0.29) is 18.5 Å². The van der Waals surface area contributed by atoms with Crippen molar-refractivity contribution < 1.29 is 9.90 Å². The molecule has 1 N–H and O–H groups in total. The topological polar surface area (TPSA) is 40.5 Å². The van der Waals surface area contributed by atoms with Gasteiger partial charge in [0.1, 0.15) is 0 Å². The number of piperidine rings is 1. The van der Waals surface area contributed by atoms with E-state index in [0.717, 1.165) is 31.4 Å². The Balaban J connectivity index is 2.22. The maximum absolute atomic E-state index is 11.0. The molecule has 0 saturated carbocycles. The van der Waals surface area contributed by atoms with E-state index in [9.17, 15) is 4.79 Å². The summed E-state index contributed by atoms with van der Waals surface area (Å²) in [5.41, 5.74) is 0.969. The minimum Gasteiger partial charge on any atom is -0.481 e. The lowest BCUT2D eigenvalue weighted by Crippen LogP contribution is -2.42. The number of aliphatic carboxylic acids is 1. The Morgan fingerprint density at radius 2 is 2.20 bits per heavy atom. The maximum Gasteiger partial charge on any atom is 0.304 e. The second-order valence-corrected chi connectivity index (χ2v) is 6.09. The molecule has 2 rings (SSSR count). The summed E-state index contributed by atoms with van der Waals surface area (Å²) < 4.78 is 0. The van der Waals surface area contributed by atoms with Crippen LogP contribution in [0.4, 0.5) is 0 Å². The van der Waals surface area contributed by atoms with Gasteiger partial charge in [-0.3, -0.25) is 9.69 Å². The molecule has 0 bridgehead atoms. The molecule has 20 heavy (non-hydrogen) atoms. The smallest absolute Gasteiger partial charge is 0.304 e. The third-order valence-electron chi connectivity index (χ3n) is 4.01. The fourth-order valence-electron chi connectivity index (χ4n) is 2.98. The van der Waals surface area contributed by atoms with Crippen molar-refractivity contribution in [3.8, 4) is 0 Å². The highest BCUT2D eigenvalue weighted by Gasteiger charge is 2.29. The highest BCUT2D eigenvalue weighted by atomic mass is 35.5. The molecule has 1 saturated heterocycles. The zero-order chi connectivity index (χ0) is 14.7. The van der Waals surface area contributed by atoms with E-state index >= 15 is 0 Å². The Kier molecular flexibility index (Phi) is 5.30. The average molecular weight is 316 g/mol. The van der Waals surface area contributed by atoms with Crippen molar-refractivity contribution in [2.45, 2.75) is 44.7 Å². The average Bonchev–Trinajstić information content (AvgIpc) is 2.41. The fourth-order valence-corrected chi connectivity index (χ4v) is 3.44. The molecule has 1 heterocycles. The quantitative estimate of drug-likeness (QED) is 0.896. The maximum atomic E-state index is 11.0. The molecule has 0 aromatic heterocycles. The van der Waals surface area contributed by atoms with Crippen LogP contribution >= 0.6 is 23.2 Å². The van der Waals surface area contributed by atoms with Crippen molar-refractivity contribution in [1.82, 2.24) is 4.90 Å². The molecule has 0 amide bonds. The number of carboxylic acids is 1. The molecule has 5 heteroatoms. The zero-order valence-electron chi connectivity index (χ0n) is 11.5. The van der Waals surface area contributed by atoms with Gasteiger partial charge in [-0.15, -0.1) is 0 Å². The lowest BCUT2D eigenvalue weighted by Gasteiger charge is -2.39. The van der Waals surface area contributed by atoms with Gasteiger partial charge in [0, 0.05) is 12.1 Å². The molecule has 0 radical (unpaired) electrons. The van der Waals surface area contributed by atoms with Crippen LogP contribution in [0.1, 0.15) is 44.2 Å². The van der Waals surface area contributed by atoms with Crippen molar-refractivity contribution in [2.75, 3.05) is 6.54 Å². The first-order valence-corrected chi connectivity index (χ1v) is 7.67. The van der Waals surface area contributed by atoms with Gasteiger partial charge in [0.2, 0.25) is 0 Å². The van der Waals surface area contributed by atoms with Crippen LogP contribution in [0.25, 0.3) is 0 Å². The van der Waals surface area contributed by atoms with E-state index in [1.807, 2.05) is 12.1 Å². The van der Waals surface area contributed by atoms with Gasteiger partial charge < -0.3 is 5.11 Å². The van der Waals surface area contributed by atoms with Crippen LogP contribution in [0.2, 0.25) is 10.0 Å². The highest BCUT2D eigenvalue weighted by molar-refractivity contribution is 6.42. The van der Waals surface area contributed by atoms with Crippen molar-refractivity contribution in [1.29, 1.82) is 0 Å². The molecule has 0 aliphatic carbocycles. The van der Waals surface area contributed by atoms with Crippen molar-refractivity contribution in [3.05, 3.63) is 33.8 Å². The summed E-state index contributed by atoms with van der Waals surface area (Å²) in [5.74, 6) is -0.744. The molecule has 1 fully saturated rings. The van der Waals surface area contributed by atoms with Crippen LogP contribution < -0.4 is 0 Å². The monoisotopic (exact) mass is 315 g/mol. The van der Waals surface area contributed by atoms with Crippen LogP contribution in [0.3, 0.4) is 0 Å². The Hall–Kier alpha value is -0.770. The predicted octanol–water partition coefficient (Wildman–Crippen LogP) is 4.38. The Bertz CT molecular complexity index is 493. The summed E-state index contributed by atoms with van der Waals surface area (Å²) in [6.07, 6.45) is 3.29. The molecular weight excluding hydrogens is 297 g/mol. The van der Waals surface area contributed by atoms with Crippen molar-refractivity contribution in [3.63, 3.8) is 0 Å². The Morgan fingerprint density at radius 3 is 2.90 bits per heavy atom. The molecule has 2 atom stereocenters. The third kappa shape index (κ3) is 3.46. The first-order chi connectivity index (χ1) is 9.50. The van der Waals surface area contributed by atoms with Crippen LogP contribution in [0.15, 0.2) is 18.2 Å². The summed E-state index contributed by atoms with van der Waals surface area (Å²) in [6, 6.07) is 5.77. The van der Waals surface area contributed by atoms with Crippen LogP contribution in [-0.4, -0.2) is 28.6 Å². The number of benzene rings is 1. The van der Waals surface area contributed by atoms with Gasteiger partial charge in [0.05, 0.1) is 16.5 Å². The standard InChI is InChI=1S/C15H19Cl2NO2/c1-10(12-6-4-7-13(16)15(12)17)18-8-3-2-5-11(18)9-14(19)20/h4,6-7,10-11H,2-3,5,8-9H2,1H3,(H,19,20). The van der Waals surface area contributed by atoms with E-state index < -0.39 is 5.97 Å². The van der Waals surface area contributed by atoms with Gasteiger partial charge in [-0.2, -0.15) is 0 Å². The van der Waals surface area contributed by atoms with Crippen LogP contribution in [-0.2, 0) is 4.79 Å². The summed E-state index contributed by atoms with van der Waals surface area (Å²) in [6.45, 7) is 2.97. The second kappa shape index (κ2) is 6.79. The number of nitrogens with zero attached hydrogens (tertiary/aromatic N) is 1.